The molecule has 0 saturated carbocycles. The summed E-state index contributed by atoms with van der Waals surface area (Å²) in [6, 6.07) is 53.1. The third-order valence-electron chi connectivity index (χ3n) is 15.2. The Hall–Kier alpha value is -11.1. The molecule has 8 aromatic heterocycles. The molecule has 0 radical (unpaired) electrons. The summed E-state index contributed by atoms with van der Waals surface area (Å²) in [4.78, 5) is 53.8. The van der Waals surface area contributed by atoms with Gasteiger partial charge in [-0.3, -0.25) is 0 Å². The van der Waals surface area contributed by atoms with Crippen LogP contribution in [0.1, 0.15) is 56.5 Å². The normalized spacial score (nSPS) is 10.5. The standard InChI is InChI=1S/2C10H12N2.C9H10N2.5C9H8N2/c1-7-4-5-9-10(6-7)12(3)8(2)11-9;1-7-5-4-6-9-10(7)12(3)8(2)11-9;1-7-10-8-5-3-4-6-9(8)11(7)2;1-7-2-3-9-8(4-7)5-10-6-11-9;1-7-2-3-8-5-10-6-11-9(8)4-7;1-7-3-2-4-9-8(7)5-10-6-11-9;1-7-3-2-4-8-5-10-6-11-9(7)8;1-7-8-4-2-3-5-9(8)11-6-10-7/h2*4-6H,1-3H3;3-6H,1-2H3;5*2-6H,1H3. The molecule has 0 spiro atoms. The monoisotopic (exact) mass is 1190 g/mol. The van der Waals surface area contributed by atoms with Crippen LogP contribution in [-0.4, -0.2) is 78.5 Å². The first-order valence-corrected chi connectivity index (χ1v) is 29.5. The maximum Gasteiger partial charge on any atom is 0.116 e. The molecule has 0 atom stereocenters. The highest BCUT2D eigenvalue weighted by Crippen LogP contribution is 2.20. The van der Waals surface area contributed by atoms with E-state index in [1.807, 2.05) is 152 Å². The zero-order valence-electron chi connectivity index (χ0n) is 53.4. The van der Waals surface area contributed by atoms with E-state index in [2.05, 4.69) is 200 Å². The fourth-order valence-electron chi connectivity index (χ4n) is 9.91. The number of imidazole rings is 3. The third kappa shape index (κ3) is 16.1. The van der Waals surface area contributed by atoms with Gasteiger partial charge in [0, 0.05) is 78.6 Å². The third-order valence-corrected chi connectivity index (χ3v) is 15.2. The Bertz CT molecular complexity index is 4750. The van der Waals surface area contributed by atoms with Crippen LogP contribution in [0.15, 0.2) is 214 Å². The van der Waals surface area contributed by atoms with Crippen LogP contribution in [-0.2, 0) is 21.1 Å². The van der Waals surface area contributed by atoms with Crippen molar-refractivity contribution in [2.75, 3.05) is 0 Å². The van der Waals surface area contributed by atoms with Crippen LogP contribution in [0.2, 0.25) is 0 Å². The summed E-state index contributed by atoms with van der Waals surface area (Å²) in [6.07, 6.45) is 15.2. The lowest BCUT2D eigenvalue weighted by Gasteiger charge is -1.99. The molecular formula is C74H74N16. The number of para-hydroxylation sites is 5. The summed E-state index contributed by atoms with van der Waals surface area (Å²) in [5.41, 5.74) is 20.5. The van der Waals surface area contributed by atoms with Crippen molar-refractivity contribution in [1.29, 1.82) is 0 Å². The highest BCUT2D eigenvalue weighted by molar-refractivity contribution is 5.83. The first kappa shape index (κ1) is 63.4. The van der Waals surface area contributed by atoms with Crippen LogP contribution >= 0.6 is 0 Å². The first-order chi connectivity index (χ1) is 43.5. The predicted octanol–water partition coefficient (Wildman–Crippen LogP) is 16.0. The average molecular weight is 1190 g/mol. The van der Waals surface area contributed by atoms with Crippen molar-refractivity contribution < 1.29 is 0 Å². The molecule has 16 nitrogen and oxygen atoms in total. The van der Waals surface area contributed by atoms with Crippen LogP contribution in [0.4, 0.5) is 0 Å². The van der Waals surface area contributed by atoms with Gasteiger partial charge in [0.1, 0.15) is 49.1 Å². The molecule has 90 heavy (non-hydrogen) atoms. The van der Waals surface area contributed by atoms with Gasteiger partial charge in [-0.25, -0.2) is 64.8 Å². The van der Waals surface area contributed by atoms with E-state index in [0.29, 0.717) is 0 Å². The predicted molar refractivity (Wildman–Crippen MR) is 367 cm³/mol. The molecule has 0 amide bonds. The summed E-state index contributed by atoms with van der Waals surface area (Å²) in [5.74, 6) is 3.20. The number of rotatable bonds is 0. The molecule has 16 heteroatoms. The molecular weight excluding hydrogens is 1110 g/mol. The van der Waals surface area contributed by atoms with Crippen LogP contribution < -0.4 is 0 Å². The summed E-state index contributed by atoms with van der Waals surface area (Å²) in [6.45, 7) is 20.5. The quantitative estimate of drug-likeness (QED) is 0.140. The van der Waals surface area contributed by atoms with Gasteiger partial charge in [-0.05, 0) is 158 Å². The van der Waals surface area contributed by atoms with Gasteiger partial charge in [-0.2, -0.15) is 0 Å². The van der Waals surface area contributed by atoms with E-state index in [1.165, 1.54) is 49.9 Å². The average Bonchev–Trinajstić information content (AvgIpc) is 2.04. The minimum atomic E-state index is 1.01. The molecule has 0 aliphatic rings. The van der Waals surface area contributed by atoms with Crippen LogP contribution in [0.3, 0.4) is 0 Å². The number of hydrogen-bond acceptors (Lipinski definition) is 13. The van der Waals surface area contributed by atoms with Crippen LogP contribution in [0, 0.1) is 69.2 Å². The van der Waals surface area contributed by atoms with Gasteiger partial charge in [0.25, 0.3) is 0 Å². The Morgan fingerprint density at radius 2 is 0.778 bits per heavy atom. The number of fused-ring (bicyclic) bond motifs is 8. The van der Waals surface area contributed by atoms with Crippen molar-refractivity contribution in [2.24, 2.45) is 21.1 Å². The van der Waals surface area contributed by atoms with E-state index in [4.69, 9.17) is 0 Å². The molecule has 8 heterocycles. The Kier molecular flexibility index (Phi) is 21.1. The van der Waals surface area contributed by atoms with Crippen LogP contribution in [0.5, 0.6) is 0 Å². The SMILES string of the molecule is Cc1ccc2cncnc2c1.Cc1ccc2nc(C)n(C)c2c1.Cc1ccc2ncncc2c1.Cc1cccc2cncnc12.Cc1cccc2nc(C)n(C)c12.Cc1cccc2ncncc12.Cc1nc2ccccc2n1C.Cc1ncnc2ccccc12. The zero-order valence-corrected chi connectivity index (χ0v) is 53.4. The molecule has 0 aliphatic carbocycles. The molecule has 0 unspecified atom stereocenters. The number of hydrogen-bond donors (Lipinski definition) is 0. The lowest BCUT2D eigenvalue weighted by molar-refractivity contribution is 0.883. The number of benzene rings is 8. The second-order valence-corrected chi connectivity index (χ2v) is 21.8. The van der Waals surface area contributed by atoms with E-state index in [9.17, 15) is 0 Å². The highest BCUT2D eigenvalue weighted by atomic mass is 15.1. The Balaban J connectivity index is 0.000000122. The second kappa shape index (κ2) is 30.0. The van der Waals surface area contributed by atoms with E-state index in [-0.39, 0.29) is 0 Å². The summed E-state index contributed by atoms with van der Waals surface area (Å²) in [5, 5.41) is 5.57. The molecule has 0 bridgehead atoms. The number of aromatic nitrogens is 16. The van der Waals surface area contributed by atoms with Gasteiger partial charge in [0.15, 0.2) is 0 Å². The summed E-state index contributed by atoms with van der Waals surface area (Å²) < 4.78 is 6.34. The smallest absolute Gasteiger partial charge is 0.116 e. The van der Waals surface area contributed by atoms with Crippen molar-refractivity contribution in [3.63, 3.8) is 0 Å². The van der Waals surface area contributed by atoms with Crippen molar-refractivity contribution in [1.82, 2.24) is 78.5 Å². The van der Waals surface area contributed by atoms with E-state index in [1.54, 1.807) is 31.6 Å². The van der Waals surface area contributed by atoms with Gasteiger partial charge in [0.2, 0.25) is 0 Å². The van der Waals surface area contributed by atoms with Gasteiger partial charge in [-0.1, -0.05) is 103 Å². The minimum absolute atomic E-state index is 1.01. The molecule has 0 aliphatic heterocycles. The maximum atomic E-state index is 4.44. The van der Waals surface area contributed by atoms with Crippen molar-refractivity contribution >= 4 is 87.6 Å². The van der Waals surface area contributed by atoms with Gasteiger partial charge < -0.3 is 13.7 Å². The topological polar surface area (TPSA) is 182 Å². The highest BCUT2D eigenvalue weighted by Gasteiger charge is 2.06. The largest absolute Gasteiger partial charge is 0.331 e. The van der Waals surface area contributed by atoms with Gasteiger partial charge in [-0.15, -0.1) is 0 Å². The summed E-state index contributed by atoms with van der Waals surface area (Å²) >= 11 is 0. The lowest BCUT2D eigenvalue weighted by Crippen LogP contribution is -1.91. The molecule has 16 aromatic rings. The molecule has 0 fully saturated rings. The molecule has 16 rings (SSSR count). The van der Waals surface area contributed by atoms with E-state index >= 15 is 0 Å². The number of nitrogens with zero attached hydrogens (tertiary/aromatic N) is 16. The van der Waals surface area contributed by atoms with E-state index in [0.717, 1.165) is 94.2 Å². The second-order valence-electron chi connectivity index (χ2n) is 21.8. The Morgan fingerprint density at radius 1 is 0.289 bits per heavy atom. The number of aryl methyl sites for hydroxylation is 13. The zero-order chi connectivity index (χ0) is 63.7. The fraction of sp³-hybridized carbons (Fsp3) is 0.176. The Labute approximate surface area is 524 Å². The van der Waals surface area contributed by atoms with Gasteiger partial charge >= 0.3 is 0 Å². The van der Waals surface area contributed by atoms with E-state index < -0.39 is 0 Å². The summed E-state index contributed by atoms with van der Waals surface area (Å²) in [7, 11) is 6.13. The molecule has 450 valence electrons. The van der Waals surface area contributed by atoms with Crippen molar-refractivity contribution in [3.8, 4) is 0 Å². The lowest BCUT2D eigenvalue weighted by atomic mass is 10.1. The first-order valence-electron chi connectivity index (χ1n) is 29.5. The molecule has 0 N–H and O–H groups in total. The molecule has 0 saturated heterocycles. The maximum absolute atomic E-state index is 4.44. The minimum Gasteiger partial charge on any atom is -0.331 e. The Morgan fingerprint density at radius 3 is 1.48 bits per heavy atom. The van der Waals surface area contributed by atoms with Crippen LogP contribution in [0.25, 0.3) is 87.6 Å². The van der Waals surface area contributed by atoms with Crippen molar-refractivity contribution in [2.45, 2.75) is 69.2 Å². The fourth-order valence-corrected chi connectivity index (χ4v) is 9.91. The molecule has 8 aromatic carbocycles. The van der Waals surface area contributed by atoms with Crippen molar-refractivity contribution in [3.05, 3.63) is 271 Å². The van der Waals surface area contributed by atoms with Gasteiger partial charge in [0.05, 0.1) is 60.7 Å².